The third kappa shape index (κ3) is 3.72. The van der Waals surface area contributed by atoms with Crippen molar-refractivity contribution in [3.63, 3.8) is 0 Å². The Balaban J connectivity index is 1.68. The second-order valence-corrected chi connectivity index (χ2v) is 7.11. The van der Waals surface area contributed by atoms with Gasteiger partial charge in [-0.05, 0) is 34.9 Å². The lowest BCUT2D eigenvalue weighted by Gasteiger charge is -2.33. The molecule has 5 heteroatoms. The molecule has 0 saturated heterocycles. The molecule has 1 N–H and O–H groups in total. The van der Waals surface area contributed by atoms with Gasteiger partial charge in [0.2, 0.25) is 0 Å². The zero-order chi connectivity index (χ0) is 20.4. The molecule has 1 atom stereocenters. The number of fused-ring (bicyclic) bond motifs is 1. The summed E-state index contributed by atoms with van der Waals surface area (Å²) in [4.78, 5) is 26.9. The number of benzene rings is 3. The Morgan fingerprint density at radius 2 is 1.69 bits per heavy atom. The molecule has 3 aromatic carbocycles. The molecule has 3 aromatic rings. The third-order valence-electron chi connectivity index (χ3n) is 5.29. The van der Waals surface area contributed by atoms with Gasteiger partial charge in [0, 0.05) is 12.7 Å². The second-order valence-electron chi connectivity index (χ2n) is 7.11. The molecule has 0 spiro atoms. The Morgan fingerprint density at radius 3 is 2.45 bits per heavy atom. The first-order valence-corrected chi connectivity index (χ1v) is 9.49. The van der Waals surface area contributed by atoms with E-state index in [0.717, 1.165) is 21.9 Å². The third-order valence-corrected chi connectivity index (χ3v) is 5.29. The first kappa shape index (κ1) is 18.7. The summed E-state index contributed by atoms with van der Waals surface area (Å²) in [5, 5.41) is 5.09. The molecule has 29 heavy (non-hydrogen) atoms. The van der Waals surface area contributed by atoms with Crippen LogP contribution in [0, 0.1) is 0 Å². The quantitative estimate of drug-likeness (QED) is 0.669. The number of ether oxygens (including phenoxy) is 1. The minimum atomic E-state index is -0.563. The molecule has 0 fully saturated rings. The van der Waals surface area contributed by atoms with Crippen LogP contribution in [0.4, 0.5) is 4.79 Å². The van der Waals surface area contributed by atoms with Gasteiger partial charge in [-0.2, -0.15) is 0 Å². The highest BCUT2D eigenvalue weighted by atomic mass is 16.5. The number of esters is 1. The van der Waals surface area contributed by atoms with Crippen molar-refractivity contribution in [3.8, 4) is 0 Å². The van der Waals surface area contributed by atoms with Gasteiger partial charge in [0.05, 0.1) is 11.6 Å². The Hall–Kier alpha value is -3.60. The van der Waals surface area contributed by atoms with Gasteiger partial charge in [0.25, 0.3) is 0 Å². The van der Waals surface area contributed by atoms with E-state index in [1.807, 2.05) is 72.8 Å². The largest absolute Gasteiger partial charge is 0.457 e. The lowest BCUT2D eigenvalue weighted by Crippen LogP contribution is -2.46. The monoisotopic (exact) mass is 386 g/mol. The van der Waals surface area contributed by atoms with Gasteiger partial charge < -0.3 is 15.0 Å². The maximum absolute atomic E-state index is 13.0. The van der Waals surface area contributed by atoms with Crippen LogP contribution in [-0.2, 0) is 16.1 Å². The topological polar surface area (TPSA) is 58.6 Å². The van der Waals surface area contributed by atoms with Crippen molar-refractivity contribution < 1.29 is 14.3 Å². The number of carbonyl (C=O) groups excluding carboxylic acids is 2. The van der Waals surface area contributed by atoms with E-state index in [1.54, 1.807) is 14.0 Å². The number of allylic oxidation sites excluding steroid dienone is 1. The summed E-state index contributed by atoms with van der Waals surface area (Å²) in [6.45, 7) is 1.95. The molecule has 0 bridgehead atoms. The molecule has 4 rings (SSSR count). The Morgan fingerprint density at radius 1 is 1.00 bits per heavy atom. The molecule has 0 aliphatic carbocycles. The molecular weight excluding hydrogens is 364 g/mol. The van der Waals surface area contributed by atoms with E-state index in [-0.39, 0.29) is 12.6 Å². The standard InChI is InChI=1S/C24H22N2O3/c1-16-21(23(27)29-15-17-8-4-3-5-9-17)22(25-24(28)26(16)2)20-13-12-18-10-6-7-11-19(18)14-20/h3-14,22H,15H2,1-2H3,(H,25,28)/t22-/m1/s1. The van der Waals surface area contributed by atoms with Crippen molar-refractivity contribution in [2.75, 3.05) is 7.05 Å². The van der Waals surface area contributed by atoms with Crippen LogP contribution in [0.2, 0.25) is 0 Å². The molecule has 146 valence electrons. The van der Waals surface area contributed by atoms with Gasteiger partial charge in [0.1, 0.15) is 6.61 Å². The van der Waals surface area contributed by atoms with E-state index in [0.29, 0.717) is 11.3 Å². The predicted molar refractivity (Wildman–Crippen MR) is 112 cm³/mol. The van der Waals surface area contributed by atoms with E-state index in [4.69, 9.17) is 4.74 Å². The van der Waals surface area contributed by atoms with Crippen LogP contribution in [0.25, 0.3) is 10.8 Å². The molecule has 0 unspecified atom stereocenters. The minimum Gasteiger partial charge on any atom is -0.457 e. The molecule has 1 heterocycles. The second kappa shape index (κ2) is 7.80. The van der Waals surface area contributed by atoms with Crippen molar-refractivity contribution in [2.45, 2.75) is 19.6 Å². The smallest absolute Gasteiger partial charge is 0.338 e. The highest BCUT2D eigenvalue weighted by Crippen LogP contribution is 2.32. The number of hydrogen-bond acceptors (Lipinski definition) is 3. The lowest BCUT2D eigenvalue weighted by atomic mass is 9.93. The molecule has 1 aliphatic rings. The van der Waals surface area contributed by atoms with E-state index in [9.17, 15) is 9.59 Å². The summed E-state index contributed by atoms with van der Waals surface area (Å²) in [6, 6.07) is 22.7. The number of nitrogens with zero attached hydrogens (tertiary/aromatic N) is 1. The molecule has 1 aliphatic heterocycles. The van der Waals surface area contributed by atoms with Crippen molar-refractivity contribution >= 4 is 22.8 Å². The predicted octanol–water partition coefficient (Wildman–Crippen LogP) is 4.55. The van der Waals surface area contributed by atoms with E-state index < -0.39 is 12.0 Å². The number of rotatable bonds is 4. The number of amides is 2. The highest BCUT2D eigenvalue weighted by Gasteiger charge is 2.35. The maximum atomic E-state index is 13.0. The summed E-state index contributed by atoms with van der Waals surface area (Å²) in [5.41, 5.74) is 2.79. The fourth-order valence-corrected chi connectivity index (χ4v) is 3.54. The van der Waals surface area contributed by atoms with Crippen LogP contribution in [0.1, 0.15) is 24.1 Å². The van der Waals surface area contributed by atoms with Gasteiger partial charge >= 0.3 is 12.0 Å². The summed E-state index contributed by atoms with van der Waals surface area (Å²) < 4.78 is 5.59. The normalized spacial score (nSPS) is 16.7. The molecule has 0 saturated carbocycles. The van der Waals surface area contributed by atoms with Crippen molar-refractivity contribution in [1.29, 1.82) is 0 Å². The number of hydrogen-bond donors (Lipinski definition) is 1. The molecule has 2 amide bonds. The van der Waals surface area contributed by atoms with Gasteiger partial charge in [-0.3, -0.25) is 0 Å². The van der Waals surface area contributed by atoms with E-state index in [2.05, 4.69) is 5.32 Å². The first-order valence-electron chi connectivity index (χ1n) is 9.49. The van der Waals surface area contributed by atoms with Gasteiger partial charge in [-0.1, -0.05) is 66.7 Å². The Kier molecular flexibility index (Phi) is 5.04. The van der Waals surface area contributed by atoms with Crippen molar-refractivity contribution in [2.24, 2.45) is 0 Å². The van der Waals surface area contributed by atoms with Crippen LogP contribution < -0.4 is 5.32 Å². The van der Waals surface area contributed by atoms with Crippen LogP contribution in [-0.4, -0.2) is 23.9 Å². The van der Waals surface area contributed by atoms with E-state index in [1.165, 1.54) is 4.90 Å². The lowest BCUT2D eigenvalue weighted by molar-refractivity contribution is -0.141. The number of urea groups is 1. The highest BCUT2D eigenvalue weighted by molar-refractivity contribution is 5.95. The fourth-order valence-electron chi connectivity index (χ4n) is 3.54. The van der Waals surface area contributed by atoms with Crippen molar-refractivity contribution in [3.05, 3.63) is 95.2 Å². The van der Waals surface area contributed by atoms with Gasteiger partial charge in [-0.25, -0.2) is 9.59 Å². The van der Waals surface area contributed by atoms with Crippen LogP contribution >= 0.6 is 0 Å². The first-order chi connectivity index (χ1) is 14.0. The van der Waals surface area contributed by atoms with Crippen LogP contribution in [0.5, 0.6) is 0 Å². The average molecular weight is 386 g/mol. The van der Waals surface area contributed by atoms with E-state index >= 15 is 0 Å². The zero-order valence-corrected chi connectivity index (χ0v) is 16.4. The fraction of sp³-hybridized carbons (Fsp3) is 0.167. The van der Waals surface area contributed by atoms with Crippen molar-refractivity contribution in [1.82, 2.24) is 10.2 Å². The van der Waals surface area contributed by atoms with Gasteiger partial charge in [0.15, 0.2) is 0 Å². The van der Waals surface area contributed by atoms with Crippen LogP contribution in [0.15, 0.2) is 84.1 Å². The molecule has 0 radical (unpaired) electrons. The summed E-state index contributed by atoms with van der Waals surface area (Å²) >= 11 is 0. The molecule has 0 aromatic heterocycles. The number of carbonyl (C=O) groups is 2. The Bertz CT molecular complexity index is 1110. The average Bonchev–Trinajstić information content (AvgIpc) is 2.76. The summed E-state index contributed by atoms with van der Waals surface area (Å²) in [5.74, 6) is -0.434. The Labute approximate surface area is 169 Å². The molecule has 5 nitrogen and oxygen atoms in total. The van der Waals surface area contributed by atoms with Crippen LogP contribution in [0.3, 0.4) is 0 Å². The SMILES string of the molecule is CC1=C(C(=O)OCc2ccccc2)[C@@H](c2ccc3ccccc3c2)NC(=O)N1C. The number of nitrogens with one attached hydrogen (secondary N) is 1. The maximum Gasteiger partial charge on any atom is 0.338 e. The zero-order valence-electron chi connectivity index (χ0n) is 16.4. The van der Waals surface area contributed by atoms with Gasteiger partial charge in [-0.15, -0.1) is 0 Å². The molecular formula is C24H22N2O3. The summed E-state index contributed by atoms with van der Waals surface area (Å²) in [7, 11) is 1.64. The minimum absolute atomic E-state index is 0.179. The summed E-state index contributed by atoms with van der Waals surface area (Å²) in [6.07, 6.45) is 0.